The first-order chi connectivity index (χ1) is 30.7. The Morgan fingerprint density at radius 1 is 0.306 bits per heavy atom. The van der Waals surface area contributed by atoms with E-state index in [0.717, 1.165) is 78.2 Å². The van der Waals surface area contributed by atoms with E-state index in [1.165, 1.54) is 27.3 Å². The van der Waals surface area contributed by atoms with Crippen molar-refractivity contribution in [1.29, 1.82) is 0 Å². The fourth-order valence-corrected chi connectivity index (χ4v) is 9.32. The van der Waals surface area contributed by atoms with Gasteiger partial charge in [-0.15, -0.1) is 0 Å². The summed E-state index contributed by atoms with van der Waals surface area (Å²) >= 11 is 0. The molecule has 0 unspecified atom stereocenters. The number of benzene rings is 10. The van der Waals surface area contributed by atoms with Crippen molar-refractivity contribution in [2.75, 3.05) is 9.80 Å². The van der Waals surface area contributed by atoms with Crippen LogP contribution in [-0.2, 0) is 0 Å². The topological polar surface area (TPSA) is 24.6 Å². The average Bonchev–Trinajstić information content (AvgIpc) is 3.60. The second-order valence-electron chi connectivity index (χ2n) is 15.8. The van der Waals surface area contributed by atoms with Crippen molar-refractivity contribution >= 4 is 88.6 Å². The van der Waals surface area contributed by atoms with Crippen molar-refractivity contribution < 1.29 is 4.42 Å². The van der Waals surface area contributed by atoms with Gasteiger partial charge in [0.1, 0.15) is 11.2 Å². The molecular formula is C58H39N3O. The molecule has 292 valence electrons. The predicted molar refractivity (Wildman–Crippen MR) is 260 cm³/mol. The summed E-state index contributed by atoms with van der Waals surface area (Å²) in [7, 11) is 0. The summed E-state index contributed by atoms with van der Waals surface area (Å²) in [6.07, 6.45) is 0. The average molecular weight is 794 g/mol. The van der Waals surface area contributed by atoms with Crippen LogP contribution in [0.5, 0.6) is 0 Å². The summed E-state index contributed by atoms with van der Waals surface area (Å²) in [5.41, 5.74) is 13.6. The van der Waals surface area contributed by atoms with Gasteiger partial charge in [0.15, 0.2) is 0 Å². The van der Waals surface area contributed by atoms with Crippen molar-refractivity contribution in [3.8, 4) is 16.8 Å². The van der Waals surface area contributed by atoms with Gasteiger partial charge in [-0.25, -0.2) is 0 Å². The number of anilines is 6. The van der Waals surface area contributed by atoms with E-state index >= 15 is 0 Å². The zero-order chi connectivity index (χ0) is 41.0. The lowest BCUT2D eigenvalue weighted by Crippen LogP contribution is -2.14. The van der Waals surface area contributed by atoms with Crippen molar-refractivity contribution in [2.24, 2.45) is 0 Å². The summed E-state index contributed by atoms with van der Waals surface area (Å²) in [5.74, 6) is 0. The minimum absolute atomic E-state index is 0.854. The number of fused-ring (bicyclic) bond motifs is 3. The fourth-order valence-electron chi connectivity index (χ4n) is 9.32. The molecule has 2 heterocycles. The quantitative estimate of drug-likeness (QED) is 0.153. The van der Waals surface area contributed by atoms with Gasteiger partial charge in [-0.2, -0.15) is 0 Å². The van der Waals surface area contributed by atoms with Gasteiger partial charge in [0.25, 0.3) is 0 Å². The lowest BCUT2D eigenvalue weighted by molar-refractivity contribution is 0.664. The smallest absolute Gasteiger partial charge is 0.137 e. The molecule has 0 amide bonds. The second kappa shape index (κ2) is 14.7. The summed E-state index contributed by atoms with van der Waals surface area (Å²) in [6, 6.07) is 84.6. The molecule has 4 nitrogen and oxygen atoms in total. The van der Waals surface area contributed by atoms with E-state index in [4.69, 9.17) is 4.42 Å². The summed E-state index contributed by atoms with van der Waals surface area (Å²) in [5, 5.41) is 7.01. The van der Waals surface area contributed by atoms with Crippen LogP contribution in [-0.4, -0.2) is 4.57 Å². The van der Waals surface area contributed by atoms with Gasteiger partial charge in [0.05, 0.1) is 33.5 Å². The molecule has 0 aliphatic rings. The molecule has 0 bridgehead atoms. The minimum Gasteiger partial charge on any atom is -0.456 e. The van der Waals surface area contributed by atoms with Crippen molar-refractivity contribution in [2.45, 2.75) is 0 Å². The maximum atomic E-state index is 6.76. The molecule has 0 N–H and O–H groups in total. The van der Waals surface area contributed by atoms with Crippen molar-refractivity contribution in [3.63, 3.8) is 0 Å². The molecular weight excluding hydrogens is 755 g/mol. The van der Waals surface area contributed by atoms with Gasteiger partial charge in [-0.1, -0.05) is 140 Å². The highest BCUT2D eigenvalue weighted by molar-refractivity contribution is 6.26. The molecule has 12 aromatic rings. The molecule has 12 rings (SSSR count). The van der Waals surface area contributed by atoms with Crippen LogP contribution in [0.3, 0.4) is 0 Å². The second-order valence-corrected chi connectivity index (χ2v) is 15.8. The standard InChI is InChI=1S/C58H39N3O/c1-4-18-44(19-5-1)59(45-20-6-2-7-21-45)48-37-49(60(46-22-8-3-9-23-46)47-34-32-41(33-35-47)43-31-30-40-16-10-11-17-42(40)36-43)39-50(38-48)61-53-26-14-25-52-51-24-12-13-28-55(51)62-56-29-15-27-54(61)58(56)57(52)53/h1-39H. The number of rotatable bonds is 8. The summed E-state index contributed by atoms with van der Waals surface area (Å²) in [4.78, 5) is 4.73. The van der Waals surface area contributed by atoms with Crippen LogP contribution in [0.25, 0.3) is 71.3 Å². The molecule has 0 saturated heterocycles. The van der Waals surface area contributed by atoms with E-state index in [1.807, 2.05) is 6.07 Å². The number of hydrogen-bond acceptors (Lipinski definition) is 3. The van der Waals surface area contributed by atoms with Gasteiger partial charge >= 0.3 is 0 Å². The highest BCUT2D eigenvalue weighted by Crippen LogP contribution is 2.46. The summed E-state index contributed by atoms with van der Waals surface area (Å²) < 4.78 is 9.18. The maximum absolute atomic E-state index is 6.76. The Morgan fingerprint density at radius 3 is 1.47 bits per heavy atom. The Morgan fingerprint density at radius 2 is 0.806 bits per heavy atom. The molecule has 0 atom stereocenters. The minimum atomic E-state index is 0.854. The van der Waals surface area contributed by atoms with Crippen LogP contribution in [0.1, 0.15) is 0 Å². The van der Waals surface area contributed by atoms with Crippen LogP contribution in [0, 0.1) is 0 Å². The number of hydrogen-bond donors (Lipinski definition) is 0. The van der Waals surface area contributed by atoms with Gasteiger partial charge in [-0.05, 0) is 124 Å². The van der Waals surface area contributed by atoms with Gasteiger partial charge in [-0.3, -0.25) is 0 Å². The first-order valence-corrected chi connectivity index (χ1v) is 21.1. The molecule has 0 aliphatic heterocycles. The monoisotopic (exact) mass is 793 g/mol. The van der Waals surface area contributed by atoms with Crippen LogP contribution >= 0.6 is 0 Å². The van der Waals surface area contributed by atoms with Crippen LogP contribution in [0.2, 0.25) is 0 Å². The van der Waals surface area contributed by atoms with E-state index in [2.05, 4.69) is 245 Å². The molecule has 10 aromatic carbocycles. The first-order valence-electron chi connectivity index (χ1n) is 21.1. The highest BCUT2D eigenvalue weighted by atomic mass is 16.3. The number of nitrogens with zero attached hydrogens (tertiary/aromatic N) is 3. The molecule has 4 heteroatoms. The Kier molecular flexibility index (Phi) is 8.46. The van der Waals surface area contributed by atoms with Crippen LogP contribution < -0.4 is 9.80 Å². The fraction of sp³-hybridized carbons (Fsp3) is 0. The SMILES string of the molecule is c1ccc(N(c2ccccc2)c2cc(N(c3ccccc3)c3ccc(-c4ccc5ccccc5c4)cc3)cc(-n3c4cccc5oc6ccccc6c6cccc3c6c54)c2)cc1. The van der Waals surface area contributed by atoms with E-state index in [1.54, 1.807) is 0 Å². The van der Waals surface area contributed by atoms with Crippen molar-refractivity contribution in [3.05, 3.63) is 237 Å². The zero-order valence-electron chi connectivity index (χ0n) is 33.8. The third-order valence-corrected chi connectivity index (χ3v) is 12.1. The van der Waals surface area contributed by atoms with Gasteiger partial charge < -0.3 is 18.8 Å². The zero-order valence-corrected chi connectivity index (χ0v) is 33.8. The summed E-state index contributed by atoms with van der Waals surface area (Å²) in [6.45, 7) is 0. The van der Waals surface area contributed by atoms with Crippen LogP contribution in [0.15, 0.2) is 241 Å². The Hall–Kier alpha value is -8.34. The Labute approximate surface area is 359 Å². The van der Waals surface area contributed by atoms with E-state index in [9.17, 15) is 0 Å². The highest BCUT2D eigenvalue weighted by Gasteiger charge is 2.23. The third-order valence-electron chi connectivity index (χ3n) is 12.1. The molecule has 0 saturated carbocycles. The van der Waals surface area contributed by atoms with E-state index in [-0.39, 0.29) is 0 Å². The molecule has 0 spiro atoms. The molecule has 0 fully saturated rings. The van der Waals surface area contributed by atoms with Gasteiger partial charge in [0, 0.05) is 33.5 Å². The molecule has 0 radical (unpaired) electrons. The molecule has 62 heavy (non-hydrogen) atoms. The maximum Gasteiger partial charge on any atom is 0.137 e. The van der Waals surface area contributed by atoms with Gasteiger partial charge in [0.2, 0.25) is 0 Å². The Bertz CT molecular complexity index is 3530. The third kappa shape index (κ3) is 6.00. The number of para-hydroxylation sites is 4. The Balaban J connectivity index is 1.13. The molecule has 2 aromatic heterocycles. The molecule has 0 aliphatic carbocycles. The number of aromatic nitrogens is 1. The van der Waals surface area contributed by atoms with E-state index in [0.29, 0.717) is 0 Å². The predicted octanol–water partition coefficient (Wildman–Crippen LogP) is 16.4. The van der Waals surface area contributed by atoms with Crippen molar-refractivity contribution in [1.82, 2.24) is 4.57 Å². The lowest BCUT2D eigenvalue weighted by Gasteiger charge is -2.30. The van der Waals surface area contributed by atoms with E-state index < -0.39 is 0 Å². The largest absolute Gasteiger partial charge is 0.456 e. The van der Waals surface area contributed by atoms with Crippen LogP contribution in [0.4, 0.5) is 34.1 Å². The normalized spacial score (nSPS) is 11.5. The first kappa shape index (κ1) is 35.6. The lowest BCUT2D eigenvalue weighted by atomic mass is 10.0.